The molecule has 0 bridgehead atoms. The Labute approximate surface area is 329 Å². The Hall–Kier alpha value is -1.74. The first kappa shape index (κ1) is 51.3. The van der Waals surface area contributed by atoms with E-state index in [0.29, 0.717) is 12.8 Å². The van der Waals surface area contributed by atoms with E-state index >= 15 is 0 Å². The number of carbonyl (C=O) groups is 1. The minimum Gasteiger partial charge on any atom is -0.393 e. The van der Waals surface area contributed by atoms with E-state index in [2.05, 4.69) is 49.5 Å². The number of hydrogen-bond donors (Lipinski definition) is 9. The predicted octanol–water partition coefficient (Wildman–Crippen LogP) is 5.58. The van der Waals surface area contributed by atoms with Crippen LogP contribution in [-0.2, 0) is 18.4 Å². The van der Waals surface area contributed by atoms with E-state index in [0.717, 1.165) is 64.2 Å². The maximum atomic E-state index is 12.9. The van der Waals surface area contributed by atoms with Crippen LogP contribution in [0.25, 0.3) is 0 Å². The van der Waals surface area contributed by atoms with Crippen molar-refractivity contribution in [2.75, 3.05) is 6.61 Å². The average Bonchev–Trinajstić information content (AvgIpc) is 3.15. The minimum atomic E-state index is -5.14. The molecule has 1 amide bonds. The van der Waals surface area contributed by atoms with E-state index in [4.69, 9.17) is 9.05 Å². The van der Waals surface area contributed by atoms with Gasteiger partial charge in [-0.2, -0.15) is 0 Å². The van der Waals surface area contributed by atoms with Gasteiger partial charge in [0.15, 0.2) is 0 Å². The van der Waals surface area contributed by atoms with Crippen LogP contribution in [0.5, 0.6) is 0 Å². The third-order valence-electron chi connectivity index (χ3n) is 9.66. The van der Waals surface area contributed by atoms with E-state index in [-0.39, 0.29) is 6.42 Å². The van der Waals surface area contributed by atoms with Crippen LogP contribution in [0, 0.1) is 0 Å². The number of hydrogen-bond acceptors (Lipinski definition) is 11. The van der Waals surface area contributed by atoms with Gasteiger partial charge in [0.05, 0.1) is 31.3 Å². The SMILES string of the molecule is CCCC/C=C/CC/C=C/C(O)C(COP(=O)(O)OC1C(O)C(O)C(O)C(O)C1O)NC(=O)CC(O)CCCCCCCCCC/C=C\C=C/CCCCC. The molecule has 9 N–H and O–H groups in total. The van der Waals surface area contributed by atoms with Crippen molar-refractivity contribution in [2.24, 2.45) is 0 Å². The van der Waals surface area contributed by atoms with E-state index in [1.807, 2.05) is 6.08 Å². The fourth-order valence-electron chi connectivity index (χ4n) is 6.17. The quantitative estimate of drug-likeness (QED) is 0.0176. The summed E-state index contributed by atoms with van der Waals surface area (Å²) >= 11 is 0. The molecule has 0 spiro atoms. The number of amides is 1. The number of aliphatic hydroxyl groups excluding tert-OH is 7. The molecule has 1 aliphatic carbocycles. The second-order valence-corrected chi connectivity index (χ2v) is 16.1. The molecule has 1 fully saturated rings. The number of unbranched alkanes of at least 4 members (excludes halogenated alkanes) is 14. The number of allylic oxidation sites excluding steroid dienone is 7. The lowest BCUT2D eigenvalue weighted by atomic mass is 9.85. The van der Waals surface area contributed by atoms with E-state index < -0.39 is 75.2 Å². The highest BCUT2D eigenvalue weighted by Crippen LogP contribution is 2.47. The maximum absolute atomic E-state index is 12.9. The Balaban J connectivity index is 2.54. The molecule has 320 valence electrons. The Kier molecular flexibility index (Phi) is 29.2. The van der Waals surface area contributed by atoms with Gasteiger partial charge in [0.1, 0.15) is 36.6 Å². The molecule has 8 atom stereocenters. The molecule has 0 radical (unpaired) electrons. The summed E-state index contributed by atoms with van der Waals surface area (Å²) in [6.45, 7) is 3.57. The molecule has 0 aromatic rings. The van der Waals surface area contributed by atoms with Crippen LogP contribution in [0.1, 0.15) is 142 Å². The molecule has 1 rings (SSSR count). The van der Waals surface area contributed by atoms with Gasteiger partial charge in [-0.05, 0) is 51.4 Å². The van der Waals surface area contributed by atoms with Crippen LogP contribution in [0.15, 0.2) is 48.6 Å². The van der Waals surface area contributed by atoms with Crippen LogP contribution >= 0.6 is 7.82 Å². The Morgan fingerprint density at radius 3 is 1.75 bits per heavy atom. The smallest absolute Gasteiger partial charge is 0.393 e. The minimum absolute atomic E-state index is 0.259. The third-order valence-corrected chi connectivity index (χ3v) is 10.6. The van der Waals surface area contributed by atoms with Crippen molar-refractivity contribution in [3.8, 4) is 0 Å². The van der Waals surface area contributed by atoms with Gasteiger partial charge in [-0.15, -0.1) is 0 Å². The number of rotatable bonds is 32. The van der Waals surface area contributed by atoms with Crippen LogP contribution in [0.2, 0.25) is 0 Å². The van der Waals surface area contributed by atoms with Gasteiger partial charge < -0.3 is 46.0 Å². The lowest BCUT2D eigenvalue weighted by molar-refractivity contribution is -0.220. The van der Waals surface area contributed by atoms with Crippen molar-refractivity contribution < 1.29 is 59.0 Å². The van der Waals surface area contributed by atoms with Gasteiger partial charge in [-0.3, -0.25) is 13.8 Å². The summed E-state index contributed by atoms with van der Waals surface area (Å²) in [7, 11) is -5.14. The highest BCUT2D eigenvalue weighted by atomic mass is 31.2. The molecule has 1 saturated carbocycles. The second-order valence-electron chi connectivity index (χ2n) is 14.7. The molecule has 8 unspecified atom stereocenters. The summed E-state index contributed by atoms with van der Waals surface area (Å²) in [5.74, 6) is -0.614. The number of nitrogens with one attached hydrogen (secondary N) is 1. The Morgan fingerprint density at radius 1 is 0.655 bits per heavy atom. The van der Waals surface area contributed by atoms with Gasteiger partial charge in [-0.25, -0.2) is 4.57 Å². The van der Waals surface area contributed by atoms with E-state index in [9.17, 15) is 50.0 Å². The average molecular weight is 804 g/mol. The summed E-state index contributed by atoms with van der Waals surface area (Å²) in [5.41, 5.74) is 0. The number of carbonyl (C=O) groups excluding carboxylic acids is 1. The predicted molar refractivity (Wildman–Crippen MR) is 215 cm³/mol. The van der Waals surface area contributed by atoms with E-state index in [1.165, 1.54) is 51.0 Å². The largest absolute Gasteiger partial charge is 0.472 e. The molecule has 0 heterocycles. The van der Waals surface area contributed by atoms with Crippen molar-refractivity contribution in [3.05, 3.63) is 48.6 Å². The van der Waals surface area contributed by atoms with Gasteiger partial charge in [0.25, 0.3) is 0 Å². The zero-order valence-electron chi connectivity index (χ0n) is 33.3. The standard InChI is InChI=1S/C41H74NO12P/c1-3-5-7-9-11-13-14-15-16-17-18-19-20-21-22-24-26-28-32(43)30-35(45)42-33(34(44)29-27-25-23-12-10-8-6-4-2)31-53-55(51,52)54-41-39(49)37(47)36(46)38(48)40(41)50/h10-15,27,29,32-34,36-41,43-44,46-50H,3-9,16-26,28,30-31H2,1-2H3,(H,42,45)(H,51,52)/b12-10+,13-11-,15-14-,29-27+. The van der Waals surface area contributed by atoms with E-state index in [1.54, 1.807) is 6.08 Å². The van der Waals surface area contributed by atoms with Crippen LogP contribution < -0.4 is 5.32 Å². The second kappa shape index (κ2) is 31.3. The molecule has 0 aliphatic heterocycles. The lowest BCUT2D eigenvalue weighted by Crippen LogP contribution is -2.64. The highest BCUT2D eigenvalue weighted by Gasteiger charge is 2.51. The van der Waals surface area contributed by atoms with Crippen molar-refractivity contribution >= 4 is 13.7 Å². The Bertz CT molecular complexity index is 1130. The topological polar surface area (TPSA) is 226 Å². The van der Waals surface area contributed by atoms with Crippen molar-refractivity contribution in [3.63, 3.8) is 0 Å². The highest BCUT2D eigenvalue weighted by molar-refractivity contribution is 7.47. The van der Waals surface area contributed by atoms with Gasteiger partial charge >= 0.3 is 7.82 Å². The molecular weight excluding hydrogens is 729 g/mol. The normalized spacial score (nSPS) is 24.9. The fraction of sp³-hybridized carbons (Fsp3) is 0.780. The number of phosphoric ester groups is 1. The summed E-state index contributed by atoms with van der Waals surface area (Å²) in [4.78, 5) is 23.3. The molecular formula is C41H74NO12P. The van der Waals surface area contributed by atoms with Crippen LogP contribution in [-0.4, -0.2) is 108 Å². The molecule has 55 heavy (non-hydrogen) atoms. The summed E-state index contributed by atoms with van der Waals surface area (Å²) in [6, 6.07) is -1.26. The molecule has 14 heteroatoms. The zero-order valence-corrected chi connectivity index (χ0v) is 34.2. The van der Waals surface area contributed by atoms with Crippen molar-refractivity contribution in [1.29, 1.82) is 0 Å². The van der Waals surface area contributed by atoms with Crippen LogP contribution in [0.3, 0.4) is 0 Å². The maximum Gasteiger partial charge on any atom is 0.472 e. The molecule has 0 aromatic heterocycles. The zero-order chi connectivity index (χ0) is 40.9. The number of phosphoric acid groups is 1. The van der Waals surface area contributed by atoms with Crippen molar-refractivity contribution in [2.45, 2.75) is 197 Å². The summed E-state index contributed by atoms with van der Waals surface area (Å²) in [5, 5.41) is 74.0. The van der Waals surface area contributed by atoms with Gasteiger partial charge in [0, 0.05) is 0 Å². The molecule has 0 saturated heterocycles. The number of aliphatic hydroxyl groups is 7. The molecule has 1 aliphatic rings. The third kappa shape index (κ3) is 23.9. The fourth-order valence-corrected chi connectivity index (χ4v) is 7.14. The van der Waals surface area contributed by atoms with Gasteiger partial charge in [-0.1, -0.05) is 133 Å². The lowest BCUT2D eigenvalue weighted by Gasteiger charge is -2.41. The first-order valence-electron chi connectivity index (χ1n) is 20.7. The first-order chi connectivity index (χ1) is 26.3. The molecule has 0 aromatic carbocycles. The molecule has 13 nitrogen and oxygen atoms in total. The van der Waals surface area contributed by atoms with Crippen molar-refractivity contribution in [1.82, 2.24) is 5.32 Å². The summed E-state index contributed by atoms with van der Waals surface area (Å²) < 4.78 is 22.7. The summed E-state index contributed by atoms with van der Waals surface area (Å²) in [6.07, 6.45) is 21.0. The van der Waals surface area contributed by atoms with Gasteiger partial charge in [0.2, 0.25) is 5.91 Å². The van der Waals surface area contributed by atoms with Crippen LogP contribution in [0.4, 0.5) is 0 Å². The monoisotopic (exact) mass is 803 g/mol. The Morgan fingerprint density at radius 2 is 1.15 bits per heavy atom. The first-order valence-corrected chi connectivity index (χ1v) is 22.2.